The normalized spacial score (nSPS) is 11.0. The summed E-state index contributed by atoms with van der Waals surface area (Å²) in [5.41, 5.74) is 6.94. The summed E-state index contributed by atoms with van der Waals surface area (Å²) >= 11 is 1.49. The minimum atomic E-state index is -0.257. The Bertz CT molecular complexity index is 776. The highest BCUT2D eigenvalue weighted by Crippen LogP contribution is 2.25. The van der Waals surface area contributed by atoms with Crippen molar-refractivity contribution in [2.45, 2.75) is 6.92 Å². The highest BCUT2D eigenvalue weighted by molar-refractivity contribution is 7.14. The van der Waals surface area contributed by atoms with Crippen LogP contribution in [0.15, 0.2) is 59.0 Å². The van der Waals surface area contributed by atoms with Crippen LogP contribution in [-0.2, 0) is 0 Å². The Morgan fingerprint density at radius 2 is 1.82 bits per heavy atom. The van der Waals surface area contributed by atoms with Crippen LogP contribution in [-0.4, -0.2) is 11.2 Å². The maximum Gasteiger partial charge on any atom is 0.203 e. The van der Waals surface area contributed by atoms with Crippen molar-refractivity contribution in [3.63, 3.8) is 0 Å². The van der Waals surface area contributed by atoms with Gasteiger partial charge < -0.3 is 0 Å². The van der Waals surface area contributed by atoms with Gasteiger partial charge >= 0.3 is 0 Å². The van der Waals surface area contributed by atoms with E-state index in [4.69, 9.17) is 0 Å². The van der Waals surface area contributed by atoms with Crippen LogP contribution in [0.4, 0.5) is 9.52 Å². The molecule has 0 aliphatic rings. The molecule has 1 N–H and O–H groups in total. The van der Waals surface area contributed by atoms with E-state index in [0.29, 0.717) is 5.13 Å². The van der Waals surface area contributed by atoms with Crippen molar-refractivity contribution in [2.24, 2.45) is 5.10 Å². The lowest BCUT2D eigenvalue weighted by molar-refractivity contribution is 0.628. The lowest BCUT2D eigenvalue weighted by atomic mass is 10.1. The fraction of sp³-hybridized carbons (Fsp3) is 0.0588. The van der Waals surface area contributed by atoms with Crippen molar-refractivity contribution < 1.29 is 4.39 Å². The van der Waals surface area contributed by atoms with Gasteiger partial charge in [0.15, 0.2) is 0 Å². The lowest BCUT2D eigenvalue weighted by Crippen LogP contribution is -1.90. The zero-order valence-electron chi connectivity index (χ0n) is 12.0. The monoisotopic (exact) mass is 311 g/mol. The van der Waals surface area contributed by atoms with Crippen LogP contribution in [0, 0.1) is 12.7 Å². The van der Waals surface area contributed by atoms with Crippen molar-refractivity contribution in [3.8, 4) is 11.3 Å². The summed E-state index contributed by atoms with van der Waals surface area (Å²) in [5.74, 6) is -0.257. The zero-order valence-corrected chi connectivity index (χ0v) is 12.8. The molecule has 0 bridgehead atoms. The first-order valence-corrected chi connectivity index (χ1v) is 7.66. The van der Waals surface area contributed by atoms with Gasteiger partial charge in [-0.1, -0.05) is 42.0 Å². The molecule has 0 unspecified atom stereocenters. The van der Waals surface area contributed by atoms with Gasteiger partial charge in [-0.15, -0.1) is 11.3 Å². The number of nitrogens with zero attached hydrogens (tertiary/aromatic N) is 2. The maximum absolute atomic E-state index is 12.8. The minimum Gasteiger partial charge on any atom is -0.253 e. The number of hydrazone groups is 1. The molecule has 0 aliphatic heterocycles. The molecule has 0 spiro atoms. The predicted octanol–water partition coefficient (Wildman–Crippen LogP) is 4.70. The molecule has 5 heteroatoms. The second-order valence-electron chi connectivity index (χ2n) is 4.83. The highest BCUT2D eigenvalue weighted by atomic mass is 32.1. The Morgan fingerprint density at radius 1 is 1.09 bits per heavy atom. The van der Waals surface area contributed by atoms with Crippen LogP contribution >= 0.6 is 11.3 Å². The number of thiazole rings is 1. The topological polar surface area (TPSA) is 37.3 Å². The molecule has 3 nitrogen and oxygen atoms in total. The molecular weight excluding hydrogens is 297 g/mol. The van der Waals surface area contributed by atoms with Crippen molar-refractivity contribution >= 4 is 22.7 Å². The molecule has 1 heterocycles. The SMILES string of the molecule is Cc1ccc(-c2csc(N/N=C/c3ccc(F)cc3)n2)cc1. The first-order chi connectivity index (χ1) is 10.7. The van der Waals surface area contributed by atoms with E-state index in [-0.39, 0.29) is 5.82 Å². The van der Waals surface area contributed by atoms with Crippen molar-refractivity contribution in [1.29, 1.82) is 0 Å². The number of rotatable bonds is 4. The molecule has 22 heavy (non-hydrogen) atoms. The molecule has 0 fully saturated rings. The molecule has 0 aliphatic carbocycles. The first kappa shape index (κ1) is 14.4. The maximum atomic E-state index is 12.8. The first-order valence-electron chi connectivity index (χ1n) is 6.78. The van der Waals surface area contributed by atoms with Gasteiger partial charge in [-0.25, -0.2) is 9.37 Å². The van der Waals surface area contributed by atoms with Gasteiger partial charge in [0.05, 0.1) is 11.9 Å². The number of halogens is 1. The number of hydrogen-bond donors (Lipinski definition) is 1. The Labute approximate surface area is 132 Å². The summed E-state index contributed by atoms with van der Waals surface area (Å²) in [6.07, 6.45) is 1.63. The average molecular weight is 311 g/mol. The summed E-state index contributed by atoms with van der Waals surface area (Å²) in [7, 11) is 0. The van der Waals surface area contributed by atoms with E-state index >= 15 is 0 Å². The fourth-order valence-electron chi connectivity index (χ4n) is 1.89. The summed E-state index contributed by atoms with van der Waals surface area (Å²) in [6, 6.07) is 14.4. The third-order valence-electron chi connectivity index (χ3n) is 3.10. The van der Waals surface area contributed by atoms with E-state index in [2.05, 4.69) is 46.7 Å². The van der Waals surface area contributed by atoms with Crippen molar-refractivity contribution in [1.82, 2.24) is 4.98 Å². The predicted molar refractivity (Wildman–Crippen MR) is 89.9 cm³/mol. The van der Waals surface area contributed by atoms with Gasteiger partial charge in [-0.05, 0) is 24.6 Å². The van der Waals surface area contributed by atoms with E-state index < -0.39 is 0 Å². The van der Waals surface area contributed by atoms with Crippen molar-refractivity contribution in [2.75, 3.05) is 5.43 Å². The number of anilines is 1. The van der Waals surface area contributed by atoms with Gasteiger partial charge in [0.1, 0.15) is 5.82 Å². The molecular formula is C17H14FN3S. The highest BCUT2D eigenvalue weighted by Gasteiger charge is 2.03. The Kier molecular flexibility index (Phi) is 4.25. The third-order valence-corrected chi connectivity index (χ3v) is 3.84. The smallest absolute Gasteiger partial charge is 0.203 e. The van der Waals surface area contributed by atoms with Crippen molar-refractivity contribution in [3.05, 3.63) is 70.9 Å². The standard InChI is InChI=1S/C17H14FN3S/c1-12-2-6-14(7-3-12)16-11-22-17(20-16)21-19-10-13-4-8-15(18)9-5-13/h2-11H,1H3,(H,20,21)/b19-10+. The third kappa shape index (κ3) is 3.56. The summed E-state index contributed by atoms with van der Waals surface area (Å²) in [6.45, 7) is 2.06. The molecule has 0 amide bonds. The molecule has 1 aromatic heterocycles. The quantitative estimate of drug-likeness (QED) is 0.560. The number of hydrogen-bond acceptors (Lipinski definition) is 4. The largest absolute Gasteiger partial charge is 0.253 e. The van der Waals surface area contributed by atoms with Crippen LogP contribution in [0.25, 0.3) is 11.3 Å². The second kappa shape index (κ2) is 6.49. The number of benzene rings is 2. The average Bonchev–Trinajstić information content (AvgIpc) is 2.99. The van der Waals surface area contributed by atoms with Crippen LogP contribution in [0.2, 0.25) is 0 Å². The van der Waals surface area contributed by atoms with E-state index in [1.807, 2.05) is 5.38 Å². The molecule has 3 rings (SSSR count). The van der Waals surface area contributed by atoms with E-state index in [9.17, 15) is 4.39 Å². The molecule has 0 atom stereocenters. The van der Waals surface area contributed by atoms with Gasteiger partial charge in [0.2, 0.25) is 5.13 Å². The molecule has 0 saturated heterocycles. The zero-order chi connectivity index (χ0) is 15.4. The minimum absolute atomic E-state index is 0.257. The van der Waals surface area contributed by atoms with Crippen LogP contribution < -0.4 is 5.43 Å². The molecule has 0 radical (unpaired) electrons. The second-order valence-corrected chi connectivity index (χ2v) is 5.68. The summed E-state index contributed by atoms with van der Waals surface area (Å²) in [4.78, 5) is 4.49. The van der Waals surface area contributed by atoms with E-state index in [1.165, 1.54) is 29.0 Å². The van der Waals surface area contributed by atoms with E-state index in [0.717, 1.165) is 16.8 Å². The Morgan fingerprint density at radius 3 is 2.55 bits per heavy atom. The summed E-state index contributed by atoms with van der Waals surface area (Å²) in [5, 5.41) is 6.82. The van der Waals surface area contributed by atoms with Gasteiger partial charge in [0, 0.05) is 10.9 Å². The number of aryl methyl sites for hydroxylation is 1. The number of aromatic nitrogens is 1. The molecule has 3 aromatic rings. The van der Waals surface area contributed by atoms with Gasteiger partial charge in [-0.2, -0.15) is 5.10 Å². The number of nitrogens with one attached hydrogen (secondary N) is 1. The Balaban J connectivity index is 1.66. The van der Waals surface area contributed by atoms with Crippen LogP contribution in [0.1, 0.15) is 11.1 Å². The van der Waals surface area contributed by atoms with Crippen LogP contribution in [0.3, 0.4) is 0 Å². The molecule has 2 aromatic carbocycles. The fourth-order valence-corrected chi connectivity index (χ4v) is 2.56. The Hall–Kier alpha value is -2.53. The summed E-state index contributed by atoms with van der Waals surface area (Å²) < 4.78 is 12.8. The van der Waals surface area contributed by atoms with Gasteiger partial charge in [-0.3, -0.25) is 5.43 Å². The van der Waals surface area contributed by atoms with Gasteiger partial charge in [0.25, 0.3) is 0 Å². The van der Waals surface area contributed by atoms with Crippen LogP contribution in [0.5, 0.6) is 0 Å². The molecule has 110 valence electrons. The lowest BCUT2D eigenvalue weighted by Gasteiger charge is -1.97. The van der Waals surface area contributed by atoms with E-state index in [1.54, 1.807) is 18.3 Å². The molecule has 0 saturated carbocycles.